The van der Waals surface area contributed by atoms with Crippen LogP contribution in [0.2, 0.25) is 0 Å². The van der Waals surface area contributed by atoms with Gasteiger partial charge in [-0.25, -0.2) is 4.98 Å². The lowest BCUT2D eigenvalue weighted by Gasteiger charge is -2.05. The van der Waals surface area contributed by atoms with E-state index < -0.39 is 0 Å². The lowest BCUT2D eigenvalue weighted by Crippen LogP contribution is -2.14. The molecule has 116 valence electrons. The summed E-state index contributed by atoms with van der Waals surface area (Å²) < 4.78 is 0. The van der Waals surface area contributed by atoms with Crippen LogP contribution in [-0.2, 0) is 11.2 Å². The molecule has 1 N–H and O–H groups in total. The maximum atomic E-state index is 12.2. The predicted molar refractivity (Wildman–Crippen MR) is 93.6 cm³/mol. The van der Waals surface area contributed by atoms with Gasteiger partial charge in [0.15, 0.2) is 0 Å². The number of hydrogen-bond acceptors (Lipinski definition) is 4. The maximum Gasteiger partial charge on any atom is 0.229 e. The van der Waals surface area contributed by atoms with Crippen LogP contribution in [0.5, 0.6) is 0 Å². The molecule has 2 heterocycles. The quantitative estimate of drug-likeness (QED) is 0.789. The second-order valence-electron chi connectivity index (χ2n) is 5.36. The highest BCUT2D eigenvalue weighted by atomic mass is 32.1. The average Bonchev–Trinajstić information content (AvgIpc) is 2.89. The zero-order valence-corrected chi connectivity index (χ0v) is 13.9. The Labute approximate surface area is 139 Å². The molecule has 3 rings (SSSR count). The van der Waals surface area contributed by atoms with Crippen molar-refractivity contribution in [2.75, 3.05) is 5.32 Å². The smallest absolute Gasteiger partial charge is 0.229 e. The number of carbonyl (C=O) groups is 1. The van der Waals surface area contributed by atoms with Crippen LogP contribution in [0.25, 0.3) is 10.6 Å². The average molecular weight is 323 g/mol. The molecule has 0 atom stereocenters. The fourth-order valence-electron chi connectivity index (χ4n) is 2.28. The van der Waals surface area contributed by atoms with Crippen molar-refractivity contribution in [3.8, 4) is 10.6 Å². The molecule has 2 aromatic heterocycles. The Balaban J connectivity index is 1.73. The standard InChI is InChI=1S/C18H17N3OS/c1-12-5-3-7-15(9-12)21-17(22)10-16-13(2)20-18(23-16)14-6-4-8-19-11-14/h3-9,11H,10H2,1-2H3,(H,21,22). The fraction of sp³-hybridized carbons (Fsp3) is 0.167. The van der Waals surface area contributed by atoms with Crippen LogP contribution < -0.4 is 5.32 Å². The number of pyridine rings is 1. The molecule has 0 saturated carbocycles. The summed E-state index contributed by atoms with van der Waals surface area (Å²) in [5, 5.41) is 3.83. The first kappa shape index (κ1) is 15.4. The first-order chi connectivity index (χ1) is 11.1. The lowest BCUT2D eigenvalue weighted by atomic mass is 10.2. The van der Waals surface area contributed by atoms with Crippen LogP contribution in [0, 0.1) is 13.8 Å². The summed E-state index contributed by atoms with van der Waals surface area (Å²) in [5.41, 5.74) is 3.82. The lowest BCUT2D eigenvalue weighted by molar-refractivity contribution is -0.115. The van der Waals surface area contributed by atoms with E-state index in [0.29, 0.717) is 6.42 Å². The number of nitrogens with zero attached hydrogens (tertiary/aromatic N) is 2. The largest absolute Gasteiger partial charge is 0.326 e. The molecule has 1 aromatic carbocycles. The summed E-state index contributed by atoms with van der Waals surface area (Å²) in [4.78, 5) is 21.9. The highest BCUT2D eigenvalue weighted by molar-refractivity contribution is 7.15. The summed E-state index contributed by atoms with van der Waals surface area (Å²) in [6.45, 7) is 3.94. The molecular weight excluding hydrogens is 306 g/mol. The Kier molecular flexibility index (Phi) is 4.48. The van der Waals surface area contributed by atoms with Gasteiger partial charge in [0.25, 0.3) is 0 Å². The Bertz CT molecular complexity index is 827. The molecule has 3 aromatic rings. The molecule has 0 fully saturated rings. The highest BCUT2D eigenvalue weighted by Gasteiger charge is 2.13. The maximum absolute atomic E-state index is 12.2. The van der Waals surface area contributed by atoms with Crippen molar-refractivity contribution in [2.45, 2.75) is 20.3 Å². The molecule has 1 amide bonds. The summed E-state index contributed by atoms with van der Waals surface area (Å²) in [7, 11) is 0. The van der Waals surface area contributed by atoms with Crippen molar-refractivity contribution in [1.82, 2.24) is 9.97 Å². The van der Waals surface area contributed by atoms with E-state index in [1.54, 1.807) is 23.7 Å². The molecule has 0 spiro atoms. The number of carbonyl (C=O) groups excluding carboxylic acids is 1. The van der Waals surface area contributed by atoms with E-state index in [-0.39, 0.29) is 5.91 Å². The van der Waals surface area contributed by atoms with Gasteiger partial charge < -0.3 is 5.32 Å². The van der Waals surface area contributed by atoms with Crippen LogP contribution in [0.15, 0.2) is 48.8 Å². The number of aromatic nitrogens is 2. The van der Waals surface area contributed by atoms with Gasteiger partial charge in [0, 0.05) is 28.5 Å². The molecular formula is C18H17N3OS. The van der Waals surface area contributed by atoms with Crippen molar-refractivity contribution in [2.24, 2.45) is 0 Å². The Morgan fingerprint density at radius 3 is 2.83 bits per heavy atom. The second-order valence-corrected chi connectivity index (χ2v) is 6.45. The van der Waals surface area contributed by atoms with Crippen LogP contribution >= 0.6 is 11.3 Å². The van der Waals surface area contributed by atoms with Gasteiger partial charge in [0.05, 0.1) is 12.1 Å². The van der Waals surface area contributed by atoms with E-state index in [4.69, 9.17) is 0 Å². The van der Waals surface area contributed by atoms with Crippen LogP contribution in [0.3, 0.4) is 0 Å². The van der Waals surface area contributed by atoms with E-state index in [2.05, 4.69) is 15.3 Å². The second kappa shape index (κ2) is 6.71. The van der Waals surface area contributed by atoms with Gasteiger partial charge in [-0.2, -0.15) is 0 Å². The monoisotopic (exact) mass is 323 g/mol. The van der Waals surface area contributed by atoms with Gasteiger partial charge in [0.2, 0.25) is 5.91 Å². The number of benzene rings is 1. The van der Waals surface area contributed by atoms with E-state index >= 15 is 0 Å². The fourth-order valence-corrected chi connectivity index (χ4v) is 3.33. The van der Waals surface area contributed by atoms with Gasteiger partial charge in [-0.05, 0) is 43.7 Å². The number of rotatable bonds is 4. The molecule has 0 saturated heterocycles. The highest BCUT2D eigenvalue weighted by Crippen LogP contribution is 2.27. The molecule has 23 heavy (non-hydrogen) atoms. The minimum atomic E-state index is -0.0277. The van der Waals surface area contributed by atoms with Gasteiger partial charge in [0.1, 0.15) is 5.01 Å². The third-order valence-electron chi connectivity index (χ3n) is 3.42. The first-order valence-electron chi connectivity index (χ1n) is 7.35. The minimum Gasteiger partial charge on any atom is -0.326 e. The van der Waals surface area contributed by atoms with Gasteiger partial charge >= 0.3 is 0 Å². The molecule has 0 bridgehead atoms. The predicted octanol–water partition coefficient (Wildman–Crippen LogP) is 4.00. The molecule has 4 nitrogen and oxygen atoms in total. The third kappa shape index (κ3) is 3.81. The minimum absolute atomic E-state index is 0.0277. The molecule has 0 aliphatic carbocycles. The molecule has 0 aliphatic rings. The topological polar surface area (TPSA) is 54.9 Å². The van der Waals surface area contributed by atoms with Crippen molar-refractivity contribution in [3.05, 3.63) is 64.9 Å². The zero-order chi connectivity index (χ0) is 16.2. The summed E-state index contributed by atoms with van der Waals surface area (Å²) in [6, 6.07) is 11.6. The zero-order valence-electron chi connectivity index (χ0n) is 13.0. The van der Waals surface area contributed by atoms with Crippen LogP contribution in [0.4, 0.5) is 5.69 Å². The number of thiazole rings is 1. The van der Waals surface area contributed by atoms with E-state index in [9.17, 15) is 4.79 Å². The van der Waals surface area contributed by atoms with Gasteiger partial charge in [-0.3, -0.25) is 9.78 Å². The Morgan fingerprint density at radius 2 is 2.09 bits per heavy atom. The molecule has 0 aliphatic heterocycles. The summed E-state index contributed by atoms with van der Waals surface area (Å²) in [5.74, 6) is -0.0277. The molecule has 0 radical (unpaired) electrons. The van der Waals surface area contributed by atoms with E-state index in [1.165, 1.54) is 0 Å². The Hall–Kier alpha value is -2.53. The molecule has 0 unspecified atom stereocenters. The number of anilines is 1. The number of amides is 1. The number of aryl methyl sites for hydroxylation is 2. The summed E-state index contributed by atoms with van der Waals surface area (Å²) in [6.07, 6.45) is 3.85. The van der Waals surface area contributed by atoms with Crippen molar-refractivity contribution in [1.29, 1.82) is 0 Å². The van der Waals surface area contributed by atoms with Crippen molar-refractivity contribution in [3.63, 3.8) is 0 Å². The van der Waals surface area contributed by atoms with Crippen molar-refractivity contribution < 1.29 is 4.79 Å². The number of hydrogen-bond donors (Lipinski definition) is 1. The Morgan fingerprint density at radius 1 is 1.22 bits per heavy atom. The first-order valence-corrected chi connectivity index (χ1v) is 8.16. The summed E-state index contributed by atoms with van der Waals surface area (Å²) >= 11 is 1.54. The SMILES string of the molecule is Cc1cccc(NC(=O)Cc2sc(-c3cccnc3)nc2C)c1. The molecule has 5 heteroatoms. The van der Waals surface area contributed by atoms with Crippen LogP contribution in [-0.4, -0.2) is 15.9 Å². The van der Waals surface area contributed by atoms with Gasteiger partial charge in [-0.15, -0.1) is 11.3 Å². The van der Waals surface area contributed by atoms with E-state index in [1.807, 2.05) is 50.2 Å². The van der Waals surface area contributed by atoms with Gasteiger partial charge in [-0.1, -0.05) is 12.1 Å². The van der Waals surface area contributed by atoms with Crippen LogP contribution in [0.1, 0.15) is 16.1 Å². The van der Waals surface area contributed by atoms with Crippen molar-refractivity contribution >= 4 is 22.9 Å². The normalized spacial score (nSPS) is 10.5. The van der Waals surface area contributed by atoms with E-state index in [0.717, 1.165) is 32.4 Å². The third-order valence-corrected chi connectivity index (χ3v) is 4.63. The number of nitrogens with one attached hydrogen (secondary N) is 1.